The van der Waals surface area contributed by atoms with E-state index >= 15 is 0 Å². The van der Waals surface area contributed by atoms with E-state index in [2.05, 4.69) is 6.92 Å². The Kier molecular flexibility index (Phi) is 6.36. The number of hydrogen-bond acceptors (Lipinski definition) is 3. The Labute approximate surface area is 115 Å². The maximum atomic E-state index is 11.1. The van der Waals surface area contributed by atoms with E-state index in [1.54, 1.807) is 0 Å². The van der Waals surface area contributed by atoms with Gasteiger partial charge in [-0.1, -0.05) is 32.4 Å². The molecule has 4 heteroatoms. The minimum Gasteiger partial charge on any atom is -0.388 e. The molecule has 0 aliphatic carbocycles. The van der Waals surface area contributed by atoms with Crippen molar-refractivity contribution in [2.24, 2.45) is 5.73 Å². The smallest absolute Gasteiger partial charge is 0.236 e. The summed E-state index contributed by atoms with van der Waals surface area (Å²) >= 11 is 0. The number of hydrogen-bond donors (Lipinski definition) is 2. The van der Waals surface area contributed by atoms with Crippen LogP contribution in [0.4, 0.5) is 5.69 Å². The van der Waals surface area contributed by atoms with E-state index in [9.17, 15) is 9.90 Å². The molecule has 106 valence electrons. The van der Waals surface area contributed by atoms with Gasteiger partial charge in [0.25, 0.3) is 0 Å². The summed E-state index contributed by atoms with van der Waals surface area (Å²) in [5.41, 5.74) is 7.16. The topological polar surface area (TPSA) is 66.6 Å². The number of benzene rings is 1. The molecule has 0 aromatic heterocycles. The number of carbonyl (C=O) groups excluding carboxylic acids is 1. The fraction of sp³-hybridized carbons (Fsp3) is 0.533. The monoisotopic (exact) mass is 264 g/mol. The Bertz CT molecular complexity index is 390. The molecule has 1 aromatic carbocycles. The van der Waals surface area contributed by atoms with Gasteiger partial charge in [0.1, 0.15) is 0 Å². The standard InChI is InChI=1S/C15H24N2O2/c1-3-5-10-17(11-15(16)19)13-8-6-12(7-9-13)14(18)4-2/h6-9,14,18H,3-5,10-11H2,1-2H3,(H2,16,19). The largest absolute Gasteiger partial charge is 0.388 e. The summed E-state index contributed by atoms with van der Waals surface area (Å²) in [4.78, 5) is 13.1. The van der Waals surface area contributed by atoms with Gasteiger partial charge in [0.15, 0.2) is 0 Å². The maximum absolute atomic E-state index is 11.1. The first kappa shape index (κ1) is 15.5. The zero-order valence-corrected chi connectivity index (χ0v) is 11.8. The molecule has 0 spiro atoms. The first-order valence-corrected chi connectivity index (χ1v) is 6.89. The molecule has 1 aromatic rings. The SMILES string of the molecule is CCCCN(CC(N)=O)c1ccc(C(O)CC)cc1. The molecular weight excluding hydrogens is 240 g/mol. The molecule has 19 heavy (non-hydrogen) atoms. The number of carbonyl (C=O) groups is 1. The molecular formula is C15H24N2O2. The van der Waals surface area contributed by atoms with E-state index in [0.29, 0.717) is 6.42 Å². The summed E-state index contributed by atoms with van der Waals surface area (Å²) in [5.74, 6) is -0.325. The molecule has 0 bridgehead atoms. The lowest BCUT2D eigenvalue weighted by Crippen LogP contribution is -2.34. The second-order valence-corrected chi connectivity index (χ2v) is 4.76. The highest BCUT2D eigenvalue weighted by Crippen LogP contribution is 2.21. The Hall–Kier alpha value is -1.55. The van der Waals surface area contributed by atoms with Gasteiger partial charge in [0, 0.05) is 12.2 Å². The minimum atomic E-state index is -0.422. The second kappa shape index (κ2) is 7.79. The molecule has 4 nitrogen and oxygen atoms in total. The van der Waals surface area contributed by atoms with E-state index < -0.39 is 6.10 Å². The molecule has 1 rings (SSSR count). The Balaban J connectivity index is 2.80. The predicted octanol–water partition coefficient (Wildman–Crippen LogP) is 2.22. The van der Waals surface area contributed by atoms with E-state index in [1.807, 2.05) is 36.1 Å². The Morgan fingerprint density at radius 3 is 2.42 bits per heavy atom. The van der Waals surface area contributed by atoms with Crippen LogP contribution >= 0.6 is 0 Å². The lowest BCUT2D eigenvalue weighted by molar-refractivity contribution is -0.116. The normalized spacial score (nSPS) is 12.2. The number of unbranched alkanes of at least 4 members (excludes halogenated alkanes) is 1. The van der Waals surface area contributed by atoms with Gasteiger partial charge in [-0.3, -0.25) is 4.79 Å². The summed E-state index contributed by atoms with van der Waals surface area (Å²) in [6.45, 7) is 5.10. The molecule has 0 aliphatic heterocycles. The van der Waals surface area contributed by atoms with E-state index in [1.165, 1.54) is 0 Å². The number of aliphatic hydroxyl groups is 1. The lowest BCUT2D eigenvalue weighted by atomic mass is 10.1. The summed E-state index contributed by atoms with van der Waals surface area (Å²) in [5, 5.41) is 9.76. The Morgan fingerprint density at radius 1 is 1.32 bits per heavy atom. The van der Waals surface area contributed by atoms with Crippen molar-refractivity contribution in [1.29, 1.82) is 0 Å². The lowest BCUT2D eigenvalue weighted by Gasteiger charge is -2.23. The zero-order chi connectivity index (χ0) is 14.3. The van der Waals surface area contributed by atoms with Gasteiger partial charge >= 0.3 is 0 Å². The number of nitrogens with zero attached hydrogens (tertiary/aromatic N) is 1. The highest BCUT2D eigenvalue weighted by molar-refractivity contribution is 5.79. The van der Waals surface area contributed by atoms with Crippen LogP contribution < -0.4 is 10.6 Å². The van der Waals surface area contributed by atoms with Crippen LogP contribution in [0.3, 0.4) is 0 Å². The van der Waals surface area contributed by atoms with Crippen LogP contribution in [-0.4, -0.2) is 24.1 Å². The van der Waals surface area contributed by atoms with Crippen molar-refractivity contribution < 1.29 is 9.90 Å². The number of primary amides is 1. The van der Waals surface area contributed by atoms with Gasteiger partial charge in [0.2, 0.25) is 5.91 Å². The quantitative estimate of drug-likeness (QED) is 0.756. The van der Waals surface area contributed by atoms with E-state index in [4.69, 9.17) is 5.73 Å². The van der Waals surface area contributed by atoms with Crippen molar-refractivity contribution in [3.05, 3.63) is 29.8 Å². The van der Waals surface area contributed by atoms with Gasteiger partial charge in [-0.15, -0.1) is 0 Å². The third-order valence-corrected chi connectivity index (χ3v) is 3.16. The molecule has 0 aliphatic rings. The third kappa shape index (κ3) is 4.91. The van der Waals surface area contributed by atoms with Crippen LogP contribution in [0.25, 0.3) is 0 Å². The highest BCUT2D eigenvalue weighted by Gasteiger charge is 2.10. The molecule has 0 fully saturated rings. The predicted molar refractivity (Wildman–Crippen MR) is 78.0 cm³/mol. The van der Waals surface area contributed by atoms with Gasteiger partial charge in [-0.2, -0.15) is 0 Å². The summed E-state index contributed by atoms with van der Waals surface area (Å²) in [6, 6.07) is 7.69. The molecule has 0 saturated heterocycles. The van der Waals surface area contributed by atoms with Gasteiger partial charge in [-0.25, -0.2) is 0 Å². The number of anilines is 1. The van der Waals surface area contributed by atoms with E-state index in [-0.39, 0.29) is 12.5 Å². The van der Waals surface area contributed by atoms with Crippen molar-refractivity contribution in [2.45, 2.75) is 39.2 Å². The summed E-state index contributed by atoms with van der Waals surface area (Å²) in [6.07, 6.45) is 2.36. The summed E-state index contributed by atoms with van der Waals surface area (Å²) < 4.78 is 0. The van der Waals surface area contributed by atoms with Crippen LogP contribution in [0.2, 0.25) is 0 Å². The van der Waals surface area contributed by atoms with Crippen LogP contribution in [0.1, 0.15) is 44.8 Å². The van der Waals surface area contributed by atoms with Crippen LogP contribution in [0.5, 0.6) is 0 Å². The Morgan fingerprint density at radius 2 is 1.95 bits per heavy atom. The number of rotatable bonds is 8. The number of amides is 1. The first-order chi connectivity index (χ1) is 9.08. The third-order valence-electron chi connectivity index (χ3n) is 3.16. The summed E-state index contributed by atoms with van der Waals surface area (Å²) in [7, 11) is 0. The highest BCUT2D eigenvalue weighted by atomic mass is 16.3. The molecule has 1 amide bonds. The molecule has 0 radical (unpaired) electrons. The molecule has 3 N–H and O–H groups in total. The number of aliphatic hydroxyl groups excluding tert-OH is 1. The number of nitrogens with two attached hydrogens (primary N) is 1. The van der Waals surface area contributed by atoms with Gasteiger partial charge in [0.05, 0.1) is 12.6 Å². The van der Waals surface area contributed by atoms with Gasteiger partial charge in [-0.05, 0) is 30.5 Å². The second-order valence-electron chi connectivity index (χ2n) is 4.76. The van der Waals surface area contributed by atoms with Crippen LogP contribution in [-0.2, 0) is 4.79 Å². The van der Waals surface area contributed by atoms with Crippen LogP contribution in [0.15, 0.2) is 24.3 Å². The van der Waals surface area contributed by atoms with Crippen molar-refractivity contribution in [2.75, 3.05) is 18.0 Å². The maximum Gasteiger partial charge on any atom is 0.236 e. The average Bonchev–Trinajstić information content (AvgIpc) is 2.42. The molecule has 1 atom stereocenters. The minimum absolute atomic E-state index is 0.232. The molecule has 0 heterocycles. The van der Waals surface area contributed by atoms with Crippen molar-refractivity contribution in [3.63, 3.8) is 0 Å². The van der Waals surface area contributed by atoms with Gasteiger partial charge < -0.3 is 15.7 Å². The fourth-order valence-electron chi connectivity index (χ4n) is 1.98. The van der Waals surface area contributed by atoms with Crippen molar-refractivity contribution in [3.8, 4) is 0 Å². The average molecular weight is 264 g/mol. The van der Waals surface area contributed by atoms with Crippen LogP contribution in [0, 0.1) is 0 Å². The van der Waals surface area contributed by atoms with Crippen molar-refractivity contribution >= 4 is 11.6 Å². The fourth-order valence-corrected chi connectivity index (χ4v) is 1.98. The van der Waals surface area contributed by atoms with Crippen molar-refractivity contribution in [1.82, 2.24) is 0 Å². The molecule has 0 saturated carbocycles. The molecule has 1 unspecified atom stereocenters. The zero-order valence-electron chi connectivity index (χ0n) is 11.8. The van der Waals surface area contributed by atoms with E-state index in [0.717, 1.165) is 30.6 Å². The first-order valence-electron chi connectivity index (χ1n) is 6.89.